The van der Waals surface area contributed by atoms with Crippen molar-refractivity contribution < 1.29 is 9.53 Å². The number of carbonyl (C=O) groups is 1. The first kappa shape index (κ1) is 23.9. The van der Waals surface area contributed by atoms with Crippen LogP contribution < -0.4 is 0 Å². The Balaban J connectivity index is 1.13. The molecule has 0 unspecified atom stereocenters. The van der Waals surface area contributed by atoms with Crippen molar-refractivity contribution in [2.75, 3.05) is 32.7 Å². The number of piperazine rings is 1. The van der Waals surface area contributed by atoms with Gasteiger partial charge in [0, 0.05) is 38.6 Å². The maximum atomic E-state index is 13.1. The Hall–Kier alpha value is -2.43. The van der Waals surface area contributed by atoms with Crippen LogP contribution in [0.1, 0.15) is 56.2 Å². The SMILES string of the molecule is C=C1CCC[C@]2(C)C[C@H]3OC(=O)[C@@H](CN4CCN(C(c5ccccc5)c5ccccc5)CC4)[C@H]3C[C@H]12. The minimum atomic E-state index is 0.0138. The van der Waals surface area contributed by atoms with E-state index in [-0.39, 0.29) is 29.4 Å². The zero-order valence-electron chi connectivity index (χ0n) is 21.6. The molecular weight excluding hydrogens is 444 g/mol. The van der Waals surface area contributed by atoms with Crippen LogP contribution in [0.25, 0.3) is 0 Å². The Morgan fingerprint density at radius 2 is 1.64 bits per heavy atom. The monoisotopic (exact) mass is 484 g/mol. The molecule has 5 atom stereocenters. The molecule has 2 aliphatic heterocycles. The third-order valence-electron chi connectivity index (χ3n) is 9.78. The molecule has 4 heteroatoms. The van der Waals surface area contributed by atoms with Crippen LogP contribution in [-0.2, 0) is 9.53 Å². The van der Waals surface area contributed by atoms with E-state index in [0.29, 0.717) is 11.8 Å². The molecule has 4 fully saturated rings. The van der Waals surface area contributed by atoms with Crippen LogP contribution in [0.4, 0.5) is 0 Å². The molecule has 2 aliphatic carbocycles. The maximum Gasteiger partial charge on any atom is 0.310 e. The van der Waals surface area contributed by atoms with Gasteiger partial charge in [0.05, 0.1) is 12.0 Å². The number of fused-ring (bicyclic) bond motifs is 2. The molecule has 190 valence electrons. The van der Waals surface area contributed by atoms with Gasteiger partial charge in [-0.2, -0.15) is 0 Å². The molecule has 0 bridgehead atoms. The van der Waals surface area contributed by atoms with Crippen molar-refractivity contribution in [3.05, 3.63) is 83.9 Å². The highest BCUT2D eigenvalue weighted by Crippen LogP contribution is 2.57. The lowest BCUT2D eigenvalue weighted by molar-refractivity contribution is -0.146. The predicted molar refractivity (Wildman–Crippen MR) is 143 cm³/mol. The molecule has 4 aliphatic rings. The van der Waals surface area contributed by atoms with Gasteiger partial charge in [-0.3, -0.25) is 14.6 Å². The Labute approximate surface area is 216 Å². The second-order valence-corrected chi connectivity index (χ2v) is 12.0. The predicted octanol–water partition coefficient (Wildman–Crippen LogP) is 5.71. The minimum Gasteiger partial charge on any atom is -0.462 e. The molecule has 0 spiro atoms. The second kappa shape index (κ2) is 9.79. The Morgan fingerprint density at radius 1 is 1.00 bits per heavy atom. The summed E-state index contributed by atoms with van der Waals surface area (Å²) in [6.07, 6.45) is 5.85. The summed E-state index contributed by atoms with van der Waals surface area (Å²) in [5.74, 6) is 0.968. The lowest BCUT2D eigenvalue weighted by Gasteiger charge is -2.50. The topological polar surface area (TPSA) is 32.8 Å². The van der Waals surface area contributed by atoms with E-state index in [1.807, 2.05) is 0 Å². The molecule has 0 aromatic heterocycles. The third-order valence-corrected chi connectivity index (χ3v) is 9.78. The molecular formula is C32H40N2O2. The van der Waals surface area contributed by atoms with Crippen molar-refractivity contribution in [3.63, 3.8) is 0 Å². The first-order valence-corrected chi connectivity index (χ1v) is 14.0. The molecule has 2 aromatic rings. The van der Waals surface area contributed by atoms with E-state index >= 15 is 0 Å². The van der Waals surface area contributed by atoms with Crippen molar-refractivity contribution in [1.82, 2.24) is 9.80 Å². The number of rotatable bonds is 5. The summed E-state index contributed by atoms with van der Waals surface area (Å²) in [6.45, 7) is 11.7. The highest BCUT2D eigenvalue weighted by molar-refractivity contribution is 5.75. The molecule has 36 heavy (non-hydrogen) atoms. The fourth-order valence-corrected chi connectivity index (χ4v) is 7.83. The number of carbonyl (C=O) groups excluding carboxylic acids is 1. The van der Waals surface area contributed by atoms with Gasteiger partial charge in [-0.05, 0) is 54.6 Å². The molecule has 2 aromatic carbocycles. The quantitative estimate of drug-likeness (QED) is 0.402. The molecule has 4 nitrogen and oxygen atoms in total. The number of esters is 1. The summed E-state index contributed by atoms with van der Waals surface area (Å²) in [5, 5.41) is 0. The van der Waals surface area contributed by atoms with Crippen molar-refractivity contribution in [2.24, 2.45) is 23.2 Å². The van der Waals surface area contributed by atoms with Crippen LogP contribution in [-0.4, -0.2) is 54.6 Å². The van der Waals surface area contributed by atoms with Crippen LogP contribution in [0.2, 0.25) is 0 Å². The lowest BCUT2D eigenvalue weighted by atomic mass is 9.55. The molecule has 0 radical (unpaired) electrons. The Kier molecular flexibility index (Phi) is 6.51. The molecule has 0 N–H and O–H groups in total. The lowest BCUT2D eigenvalue weighted by Crippen LogP contribution is -2.50. The molecule has 0 amide bonds. The van der Waals surface area contributed by atoms with Crippen LogP contribution in [0.5, 0.6) is 0 Å². The van der Waals surface area contributed by atoms with E-state index in [1.54, 1.807) is 0 Å². The largest absolute Gasteiger partial charge is 0.462 e. The van der Waals surface area contributed by atoms with Crippen molar-refractivity contribution in [3.8, 4) is 0 Å². The summed E-state index contributed by atoms with van der Waals surface area (Å²) < 4.78 is 6.04. The van der Waals surface area contributed by atoms with Crippen LogP contribution in [0, 0.1) is 23.2 Å². The van der Waals surface area contributed by atoms with E-state index in [9.17, 15) is 4.79 Å². The van der Waals surface area contributed by atoms with E-state index in [4.69, 9.17) is 4.74 Å². The summed E-state index contributed by atoms with van der Waals surface area (Å²) in [6, 6.07) is 22.0. The Morgan fingerprint density at radius 3 is 2.28 bits per heavy atom. The molecule has 2 heterocycles. The van der Waals surface area contributed by atoms with Crippen LogP contribution in [0.3, 0.4) is 0 Å². The van der Waals surface area contributed by atoms with Crippen LogP contribution in [0.15, 0.2) is 72.8 Å². The summed E-state index contributed by atoms with van der Waals surface area (Å²) in [4.78, 5) is 18.2. The summed E-state index contributed by atoms with van der Waals surface area (Å²) in [7, 11) is 0. The Bertz CT molecular complexity index is 1040. The van der Waals surface area contributed by atoms with E-state index < -0.39 is 0 Å². The first-order chi connectivity index (χ1) is 17.5. The second-order valence-electron chi connectivity index (χ2n) is 12.0. The van der Waals surface area contributed by atoms with Crippen LogP contribution >= 0.6 is 0 Å². The number of nitrogens with zero attached hydrogens (tertiary/aromatic N) is 2. The molecule has 6 rings (SSSR count). The highest BCUT2D eigenvalue weighted by atomic mass is 16.6. The molecule has 2 saturated heterocycles. The van der Waals surface area contributed by atoms with Gasteiger partial charge in [0.1, 0.15) is 6.10 Å². The fourth-order valence-electron chi connectivity index (χ4n) is 7.83. The average Bonchev–Trinajstić information content (AvgIpc) is 3.18. The number of hydrogen-bond acceptors (Lipinski definition) is 4. The fraction of sp³-hybridized carbons (Fsp3) is 0.531. The van der Waals surface area contributed by atoms with Gasteiger partial charge >= 0.3 is 5.97 Å². The third kappa shape index (κ3) is 4.43. The number of benzene rings is 2. The van der Waals surface area contributed by atoms with Gasteiger partial charge < -0.3 is 4.74 Å². The van der Waals surface area contributed by atoms with Crippen molar-refractivity contribution >= 4 is 5.97 Å². The normalized spacial score (nSPS) is 33.3. The number of hydrogen-bond donors (Lipinski definition) is 0. The zero-order valence-corrected chi connectivity index (χ0v) is 21.6. The van der Waals surface area contributed by atoms with Crippen molar-refractivity contribution in [2.45, 2.75) is 51.2 Å². The van der Waals surface area contributed by atoms with E-state index in [0.717, 1.165) is 52.0 Å². The summed E-state index contributed by atoms with van der Waals surface area (Å²) in [5.41, 5.74) is 4.37. The zero-order chi connectivity index (χ0) is 24.7. The van der Waals surface area contributed by atoms with Gasteiger partial charge in [0.25, 0.3) is 0 Å². The van der Waals surface area contributed by atoms with E-state index in [1.165, 1.54) is 29.5 Å². The van der Waals surface area contributed by atoms with Gasteiger partial charge in [-0.15, -0.1) is 0 Å². The van der Waals surface area contributed by atoms with E-state index in [2.05, 4.69) is 84.0 Å². The first-order valence-electron chi connectivity index (χ1n) is 14.0. The standard InChI is InChI=1S/C32H40N2O2/c1-23-10-9-15-32(2)21-29-26(20-28(23)32)27(31(35)36-29)22-33-16-18-34(19-17-33)30(24-11-5-3-6-12-24)25-13-7-4-8-14-25/h3-8,11-14,26-30H,1,9-10,15-22H2,2H3/t26-,27+,28-,29-,32-/m1/s1. The van der Waals surface area contributed by atoms with Crippen molar-refractivity contribution in [1.29, 1.82) is 0 Å². The van der Waals surface area contributed by atoms with Gasteiger partial charge in [0.2, 0.25) is 0 Å². The maximum absolute atomic E-state index is 13.1. The van der Waals surface area contributed by atoms with Gasteiger partial charge in [-0.25, -0.2) is 0 Å². The average molecular weight is 485 g/mol. The minimum absolute atomic E-state index is 0.0138. The summed E-state index contributed by atoms with van der Waals surface area (Å²) >= 11 is 0. The number of allylic oxidation sites excluding steroid dienone is 1. The van der Waals surface area contributed by atoms with Gasteiger partial charge in [0.15, 0.2) is 0 Å². The molecule has 2 saturated carbocycles. The van der Waals surface area contributed by atoms with Gasteiger partial charge in [-0.1, -0.05) is 79.7 Å². The highest BCUT2D eigenvalue weighted by Gasteiger charge is 2.55. The number of ether oxygens (including phenoxy) is 1. The smallest absolute Gasteiger partial charge is 0.310 e.